The molecule has 21 heavy (non-hydrogen) atoms. The average molecular weight is 296 g/mol. The van der Waals surface area contributed by atoms with Crippen LogP contribution < -0.4 is 4.90 Å². The van der Waals surface area contributed by atoms with Crippen LogP contribution in [0.15, 0.2) is 18.2 Å². The number of amides is 1. The molecule has 1 fully saturated rings. The second-order valence-corrected chi connectivity index (χ2v) is 5.02. The zero-order chi connectivity index (χ0) is 15.4. The van der Waals surface area contributed by atoms with Crippen LogP contribution in [0.25, 0.3) is 0 Å². The van der Waals surface area contributed by atoms with Gasteiger partial charge in [0.25, 0.3) is 0 Å². The van der Waals surface area contributed by atoms with E-state index in [1.165, 1.54) is 6.07 Å². The largest absolute Gasteiger partial charge is 0.450 e. The fourth-order valence-electron chi connectivity index (χ4n) is 2.56. The quantitative estimate of drug-likeness (QED) is 0.928. The van der Waals surface area contributed by atoms with Gasteiger partial charge in [-0.2, -0.15) is 0 Å². The molecule has 1 amide bonds. The van der Waals surface area contributed by atoms with E-state index in [1.807, 2.05) is 4.90 Å². The molecule has 1 aliphatic heterocycles. The number of nitrogens with zero attached hydrogens (tertiary/aromatic N) is 2. The second kappa shape index (κ2) is 6.76. The minimum absolute atomic E-state index is 0.307. The van der Waals surface area contributed by atoms with E-state index in [1.54, 1.807) is 30.9 Å². The number of piperazine rings is 1. The van der Waals surface area contributed by atoms with Crippen LogP contribution >= 0.6 is 0 Å². The third kappa shape index (κ3) is 3.44. The lowest BCUT2D eigenvalue weighted by Crippen LogP contribution is -2.49. The van der Waals surface area contributed by atoms with Crippen LogP contribution in [0.1, 0.15) is 25.5 Å². The molecular formula is C15H21FN2O3. The Bertz CT molecular complexity index is 500. The molecule has 0 aromatic heterocycles. The van der Waals surface area contributed by atoms with E-state index in [9.17, 15) is 14.3 Å². The van der Waals surface area contributed by atoms with Crippen molar-refractivity contribution in [2.75, 3.05) is 37.7 Å². The summed E-state index contributed by atoms with van der Waals surface area (Å²) < 4.78 is 18.9. The van der Waals surface area contributed by atoms with E-state index >= 15 is 0 Å². The summed E-state index contributed by atoms with van der Waals surface area (Å²) in [7, 11) is 0. The molecule has 0 aliphatic carbocycles. The molecule has 0 unspecified atom stereocenters. The molecule has 1 saturated heterocycles. The Hall–Kier alpha value is -1.82. The van der Waals surface area contributed by atoms with Crippen molar-refractivity contribution in [3.63, 3.8) is 0 Å². The SMILES string of the molecule is CCOC(=O)N1CCN(c2cccc(F)c2[C@H](C)O)CC1. The Morgan fingerprint density at radius 1 is 1.38 bits per heavy atom. The van der Waals surface area contributed by atoms with Crippen LogP contribution in [-0.2, 0) is 4.74 Å². The Kier molecular flexibility index (Phi) is 5.01. The topological polar surface area (TPSA) is 53.0 Å². The first-order valence-corrected chi connectivity index (χ1v) is 7.17. The number of hydrogen-bond acceptors (Lipinski definition) is 4. The number of benzene rings is 1. The molecule has 6 heteroatoms. The van der Waals surface area contributed by atoms with Crippen molar-refractivity contribution in [3.8, 4) is 0 Å². The number of anilines is 1. The fraction of sp³-hybridized carbons (Fsp3) is 0.533. The van der Waals surface area contributed by atoms with Crippen molar-refractivity contribution in [2.45, 2.75) is 20.0 Å². The summed E-state index contributed by atoms with van der Waals surface area (Å²) in [4.78, 5) is 15.3. The molecule has 1 aliphatic rings. The Morgan fingerprint density at radius 3 is 2.62 bits per heavy atom. The van der Waals surface area contributed by atoms with Gasteiger partial charge in [-0.15, -0.1) is 0 Å². The molecule has 1 aromatic rings. The number of halogens is 1. The minimum Gasteiger partial charge on any atom is -0.450 e. The first-order chi connectivity index (χ1) is 10.0. The maximum atomic E-state index is 13.9. The van der Waals surface area contributed by atoms with Crippen LogP contribution in [0.5, 0.6) is 0 Å². The lowest BCUT2D eigenvalue weighted by Gasteiger charge is -2.36. The number of ether oxygens (including phenoxy) is 1. The van der Waals surface area contributed by atoms with Crippen LogP contribution in [0.4, 0.5) is 14.9 Å². The number of carbonyl (C=O) groups is 1. The lowest BCUT2D eigenvalue weighted by atomic mass is 10.1. The number of aliphatic hydroxyl groups excluding tert-OH is 1. The Labute approximate surface area is 123 Å². The summed E-state index contributed by atoms with van der Waals surface area (Å²) >= 11 is 0. The summed E-state index contributed by atoms with van der Waals surface area (Å²) in [6.45, 7) is 5.90. The molecule has 1 atom stereocenters. The zero-order valence-corrected chi connectivity index (χ0v) is 12.4. The Morgan fingerprint density at radius 2 is 2.05 bits per heavy atom. The highest BCUT2D eigenvalue weighted by atomic mass is 19.1. The number of aliphatic hydroxyl groups is 1. The molecule has 0 bridgehead atoms. The normalized spacial score (nSPS) is 16.8. The molecule has 116 valence electrons. The predicted octanol–water partition coefficient (Wildman–Crippen LogP) is 2.16. The van der Waals surface area contributed by atoms with Gasteiger partial charge in [0.15, 0.2) is 0 Å². The van der Waals surface area contributed by atoms with Crippen molar-refractivity contribution < 1.29 is 19.0 Å². The van der Waals surface area contributed by atoms with Gasteiger partial charge in [0.1, 0.15) is 5.82 Å². The molecule has 0 saturated carbocycles. The molecule has 1 heterocycles. The standard InChI is InChI=1S/C15H21FN2O3/c1-3-21-15(20)18-9-7-17(8-10-18)13-6-4-5-12(16)14(13)11(2)19/h4-6,11,19H,3,7-10H2,1-2H3/t11-/m0/s1. The van der Waals surface area contributed by atoms with Gasteiger partial charge in [0.05, 0.1) is 12.7 Å². The van der Waals surface area contributed by atoms with Gasteiger partial charge < -0.3 is 19.6 Å². The number of carbonyl (C=O) groups excluding carboxylic acids is 1. The summed E-state index contributed by atoms with van der Waals surface area (Å²) in [6.07, 6.45) is -1.18. The first kappa shape index (κ1) is 15.6. The van der Waals surface area contributed by atoms with Gasteiger partial charge in [-0.05, 0) is 26.0 Å². The van der Waals surface area contributed by atoms with Gasteiger partial charge in [0.2, 0.25) is 0 Å². The Balaban J connectivity index is 2.09. The smallest absolute Gasteiger partial charge is 0.409 e. The van der Waals surface area contributed by atoms with E-state index < -0.39 is 11.9 Å². The van der Waals surface area contributed by atoms with Crippen LogP contribution in [0.2, 0.25) is 0 Å². The van der Waals surface area contributed by atoms with E-state index in [2.05, 4.69) is 0 Å². The molecule has 0 spiro atoms. The maximum Gasteiger partial charge on any atom is 0.409 e. The molecule has 1 N–H and O–H groups in total. The minimum atomic E-state index is -0.871. The fourth-order valence-corrected chi connectivity index (χ4v) is 2.56. The highest BCUT2D eigenvalue weighted by Gasteiger charge is 2.25. The van der Waals surface area contributed by atoms with Gasteiger partial charge in [-0.1, -0.05) is 6.07 Å². The van der Waals surface area contributed by atoms with Crippen molar-refractivity contribution in [3.05, 3.63) is 29.6 Å². The summed E-state index contributed by atoms with van der Waals surface area (Å²) in [5.74, 6) is -0.407. The molecular weight excluding hydrogens is 275 g/mol. The maximum absolute atomic E-state index is 13.9. The van der Waals surface area contributed by atoms with Gasteiger partial charge >= 0.3 is 6.09 Å². The van der Waals surface area contributed by atoms with Gasteiger partial charge in [-0.3, -0.25) is 0 Å². The van der Waals surface area contributed by atoms with E-state index in [4.69, 9.17) is 4.74 Å². The average Bonchev–Trinajstić information content (AvgIpc) is 2.47. The number of rotatable bonds is 3. The van der Waals surface area contributed by atoms with E-state index in [0.717, 1.165) is 0 Å². The summed E-state index contributed by atoms with van der Waals surface area (Å²) in [5.41, 5.74) is 0.996. The molecule has 5 nitrogen and oxygen atoms in total. The van der Waals surface area contributed by atoms with Crippen molar-refractivity contribution in [1.29, 1.82) is 0 Å². The molecule has 0 radical (unpaired) electrons. The lowest BCUT2D eigenvalue weighted by molar-refractivity contribution is 0.105. The van der Waals surface area contributed by atoms with E-state index in [0.29, 0.717) is 44.0 Å². The van der Waals surface area contributed by atoms with E-state index in [-0.39, 0.29) is 6.09 Å². The zero-order valence-electron chi connectivity index (χ0n) is 12.4. The monoisotopic (exact) mass is 296 g/mol. The van der Waals surface area contributed by atoms with Crippen molar-refractivity contribution in [2.24, 2.45) is 0 Å². The van der Waals surface area contributed by atoms with Crippen LogP contribution in [0.3, 0.4) is 0 Å². The van der Waals surface area contributed by atoms with Gasteiger partial charge in [-0.25, -0.2) is 9.18 Å². The predicted molar refractivity (Wildman–Crippen MR) is 77.8 cm³/mol. The van der Waals surface area contributed by atoms with Crippen molar-refractivity contribution >= 4 is 11.8 Å². The third-order valence-electron chi connectivity index (χ3n) is 3.59. The number of hydrogen-bond donors (Lipinski definition) is 1. The van der Waals surface area contributed by atoms with Crippen LogP contribution in [0, 0.1) is 5.82 Å². The molecule has 1 aromatic carbocycles. The van der Waals surface area contributed by atoms with Gasteiger partial charge in [0, 0.05) is 37.4 Å². The second-order valence-electron chi connectivity index (χ2n) is 5.02. The third-order valence-corrected chi connectivity index (χ3v) is 3.59. The molecule has 2 rings (SSSR count). The highest BCUT2D eigenvalue weighted by Crippen LogP contribution is 2.29. The summed E-state index contributed by atoms with van der Waals surface area (Å²) in [5, 5.41) is 9.78. The summed E-state index contributed by atoms with van der Waals surface area (Å²) in [6, 6.07) is 4.78. The van der Waals surface area contributed by atoms with Crippen LogP contribution in [-0.4, -0.2) is 48.9 Å². The van der Waals surface area contributed by atoms with Crippen molar-refractivity contribution in [1.82, 2.24) is 4.90 Å². The highest BCUT2D eigenvalue weighted by molar-refractivity contribution is 5.68. The first-order valence-electron chi connectivity index (χ1n) is 7.17.